The topological polar surface area (TPSA) is 35.6 Å². The van der Waals surface area contributed by atoms with Crippen LogP contribution >= 0.6 is 23.2 Å². The molecule has 4 nitrogen and oxygen atoms in total. The number of nitrogens with zero attached hydrogens (tertiary/aromatic N) is 2. The number of carbonyl (C=O) groups is 1. The zero-order chi connectivity index (χ0) is 18.1. The average Bonchev–Trinajstić information content (AvgIpc) is 3.12. The Morgan fingerprint density at radius 3 is 2.60 bits per heavy atom. The molecule has 1 heterocycles. The summed E-state index contributed by atoms with van der Waals surface area (Å²) in [5.41, 5.74) is 0.730. The number of likely N-dealkylation sites (N-methyl/N-ethyl adjacent to an activating group) is 1. The SMILES string of the molecule is CN1CCN(CCCNC(=O)C2(C)CC2(Cl)Cl)C(c2ccccc2)C1. The van der Waals surface area contributed by atoms with Gasteiger partial charge < -0.3 is 10.2 Å². The lowest BCUT2D eigenvalue weighted by atomic mass is 10.0. The van der Waals surface area contributed by atoms with Gasteiger partial charge in [0.2, 0.25) is 5.91 Å². The van der Waals surface area contributed by atoms with Crippen molar-refractivity contribution in [2.75, 3.05) is 39.8 Å². The number of nitrogens with one attached hydrogen (secondary N) is 1. The van der Waals surface area contributed by atoms with Gasteiger partial charge in [-0.15, -0.1) is 23.2 Å². The van der Waals surface area contributed by atoms with Crippen LogP contribution in [0.3, 0.4) is 0 Å². The number of alkyl halides is 2. The molecule has 1 aliphatic carbocycles. The fraction of sp³-hybridized carbons (Fsp3) is 0.632. The molecule has 1 aromatic rings. The second-order valence-corrected chi connectivity index (χ2v) is 9.03. The van der Waals surface area contributed by atoms with E-state index in [1.54, 1.807) is 0 Å². The quantitative estimate of drug-likeness (QED) is 0.605. The van der Waals surface area contributed by atoms with Crippen molar-refractivity contribution in [2.24, 2.45) is 5.41 Å². The molecule has 2 unspecified atom stereocenters. The van der Waals surface area contributed by atoms with Gasteiger partial charge in [0.05, 0.1) is 5.41 Å². The molecule has 138 valence electrons. The van der Waals surface area contributed by atoms with E-state index in [9.17, 15) is 4.79 Å². The normalized spacial score (nSPS) is 29.4. The van der Waals surface area contributed by atoms with Crippen LogP contribution < -0.4 is 5.32 Å². The van der Waals surface area contributed by atoms with Crippen molar-refractivity contribution >= 4 is 29.1 Å². The van der Waals surface area contributed by atoms with Crippen molar-refractivity contribution in [1.29, 1.82) is 0 Å². The summed E-state index contributed by atoms with van der Waals surface area (Å²) in [7, 11) is 2.18. The third-order valence-electron chi connectivity index (χ3n) is 5.55. The molecule has 6 heteroatoms. The first-order valence-corrected chi connectivity index (χ1v) is 9.73. The smallest absolute Gasteiger partial charge is 0.229 e. The highest BCUT2D eigenvalue weighted by Gasteiger charge is 2.67. The Bertz CT molecular complexity index is 610. The van der Waals surface area contributed by atoms with Crippen LogP contribution in [0.2, 0.25) is 0 Å². The van der Waals surface area contributed by atoms with Crippen LogP contribution in [0.4, 0.5) is 0 Å². The van der Waals surface area contributed by atoms with Crippen LogP contribution in [0.25, 0.3) is 0 Å². The van der Waals surface area contributed by atoms with E-state index >= 15 is 0 Å². The maximum absolute atomic E-state index is 12.2. The lowest BCUT2D eigenvalue weighted by Crippen LogP contribution is -2.47. The first-order chi connectivity index (χ1) is 11.8. The number of amides is 1. The molecule has 2 atom stereocenters. The Kier molecular flexibility index (Phi) is 5.64. The summed E-state index contributed by atoms with van der Waals surface area (Å²) in [5.74, 6) is -0.0320. The number of hydrogen-bond acceptors (Lipinski definition) is 3. The predicted octanol–water partition coefficient (Wildman–Crippen LogP) is 3.07. The van der Waals surface area contributed by atoms with E-state index in [1.807, 2.05) is 6.92 Å². The summed E-state index contributed by atoms with van der Waals surface area (Å²) < 4.78 is -0.896. The van der Waals surface area contributed by atoms with Gasteiger partial charge in [0, 0.05) is 38.8 Å². The number of benzene rings is 1. The third kappa shape index (κ3) is 4.13. The molecular formula is C19H27Cl2N3O. The Balaban J connectivity index is 1.49. The largest absolute Gasteiger partial charge is 0.355 e. The molecule has 1 amide bonds. The molecule has 3 rings (SSSR count). The zero-order valence-electron chi connectivity index (χ0n) is 15.0. The monoisotopic (exact) mass is 383 g/mol. The third-order valence-corrected chi connectivity index (χ3v) is 6.65. The summed E-state index contributed by atoms with van der Waals surface area (Å²) in [6.07, 6.45) is 1.45. The molecule has 1 aliphatic heterocycles. The number of rotatable bonds is 6. The van der Waals surface area contributed by atoms with Gasteiger partial charge in [-0.2, -0.15) is 0 Å². The van der Waals surface area contributed by atoms with E-state index in [0.29, 0.717) is 19.0 Å². The summed E-state index contributed by atoms with van der Waals surface area (Å²) >= 11 is 12.1. The average molecular weight is 384 g/mol. The van der Waals surface area contributed by atoms with E-state index in [2.05, 4.69) is 52.5 Å². The minimum atomic E-state index is -0.896. The van der Waals surface area contributed by atoms with Gasteiger partial charge in [-0.3, -0.25) is 9.69 Å². The molecule has 1 N–H and O–H groups in total. The van der Waals surface area contributed by atoms with Gasteiger partial charge in [0.15, 0.2) is 0 Å². The van der Waals surface area contributed by atoms with Crippen LogP contribution in [0, 0.1) is 5.41 Å². The molecular weight excluding hydrogens is 357 g/mol. The highest BCUT2D eigenvalue weighted by atomic mass is 35.5. The number of piperazine rings is 1. The van der Waals surface area contributed by atoms with E-state index in [1.165, 1.54) is 5.56 Å². The van der Waals surface area contributed by atoms with Crippen molar-refractivity contribution in [3.63, 3.8) is 0 Å². The number of halogens is 2. The molecule has 1 aromatic carbocycles. The number of hydrogen-bond donors (Lipinski definition) is 1. The molecule has 2 fully saturated rings. The van der Waals surface area contributed by atoms with Gasteiger partial charge in [0.1, 0.15) is 4.33 Å². The van der Waals surface area contributed by atoms with Crippen LogP contribution in [-0.2, 0) is 4.79 Å². The zero-order valence-corrected chi connectivity index (χ0v) is 16.5. The predicted molar refractivity (Wildman–Crippen MR) is 103 cm³/mol. The van der Waals surface area contributed by atoms with Crippen molar-refractivity contribution < 1.29 is 4.79 Å². The van der Waals surface area contributed by atoms with Gasteiger partial charge in [-0.1, -0.05) is 30.3 Å². The molecule has 2 aliphatic rings. The van der Waals surface area contributed by atoms with Crippen LogP contribution in [0.1, 0.15) is 31.4 Å². The Hall–Kier alpha value is -0.810. The van der Waals surface area contributed by atoms with E-state index in [4.69, 9.17) is 23.2 Å². The second-order valence-electron chi connectivity index (χ2n) is 7.55. The van der Waals surface area contributed by atoms with Gasteiger partial charge >= 0.3 is 0 Å². The fourth-order valence-corrected chi connectivity index (χ4v) is 4.25. The molecule has 0 aromatic heterocycles. The fourth-order valence-electron chi connectivity index (χ4n) is 3.54. The second kappa shape index (κ2) is 7.43. The van der Waals surface area contributed by atoms with Crippen LogP contribution in [-0.4, -0.2) is 59.8 Å². The molecule has 25 heavy (non-hydrogen) atoms. The Labute approximate surface area is 160 Å². The highest BCUT2D eigenvalue weighted by Crippen LogP contribution is 2.63. The van der Waals surface area contributed by atoms with Crippen LogP contribution in [0.15, 0.2) is 30.3 Å². The standard InChI is InChI=1S/C19H27Cl2N3O/c1-18(14-19(18,20)21)17(25)22-9-6-10-24-12-11-23(2)13-16(24)15-7-4-3-5-8-15/h3-5,7-8,16H,6,9-14H2,1-2H3,(H,22,25). The Morgan fingerprint density at radius 2 is 1.96 bits per heavy atom. The molecule has 1 saturated heterocycles. The molecule has 0 bridgehead atoms. The van der Waals surface area contributed by atoms with E-state index < -0.39 is 9.75 Å². The van der Waals surface area contributed by atoms with Gasteiger partial charge in [-0.05, 0) is 32.4 Å². The minimum Gasteiger partial charge on any atom is -0.355 e. The molecule has 1 saturated carbocycles. The summed E-state index contributed by atoms with van der Waals surface area (Å²) in [4.78, 5) is 17.1. The first kappa shape index (κ1) is 19.0. The minimum absolute atomic E-state index is 0.0320. The van der Waals surface area contributed by atoms with Crippen LogP contribution in [0.5, 0.6) is 0 Å². The highest BCUT2D eigenvalue weighted by molar-refractivity contribution is 6.53. The summed E-state index contributed by atoms with van der Waals surface area (Å²) in [6.45, 7) is 6.62. The maximum atomic E-state index is 12.2. The maximum Gasteiger partial charge on any atom is 0.229 e. The summed E-state index contributed by atoms with van der Waals surface area (Å²) in [6, 6.07) is 11.1. The lowest BCUT2D eigenvalue weighted by Gasteiger charge is -2.40. The van der Waals surface area contributed by atoms with E-state index in [0.717, 1.165) is 32.6 Å². The molecule has 0 spiro atoms. The van der Waals surface area contributed by atoms with Crippen molar-refractivity contribution in [1.82, 2.24) is 15.1 Å². The Morgan fingerprint density at radius 1 is 1.28 bits per heavy atom. The van der Waals surface area contributed by atoms with Crippen molar-refractivity contribution in [3.8, 4) is 0 Å². The van der Waals surface area contributed by atoms with Crippen molar-refractivity contribution in [3.05, 3.63) is 35.9 Å². The summed E-state index contributed by atoms with van der Waals surface area (Å²) in [5, 5.41) is 3.00. The van der Waals surface area contributed by atoms with E-state index in [-0.39, 0.29) is 5.91 Å². The lowest BCUT2D eigenvalue weighted by molar-refractivity contribution is -0.125. The molecule has 0 radical (unpaired) electrons. The number of carbonyl (C=O) groups excluding carboxylic acids is 1. The van der Waals surface area contributed by atoms with Crippen molar-refractivity contribution in [2.45, 2.75) is 30.1 Å². The van der Waals surface area contributed by atoms with Gasteiger partial charge in [0.25, 0.3) is 0 Å². The first-order valence-electron chi connectivity index (χ1n) is 8.97. The van der Waals surface area contributed by atoms with Gasteiger partial charge in [-0.25, -0.2) is 0 Å².